The highest BCUT2D eigenvalue weighted by Crippen LogP contribution is 2.38. The maximum Gasteiger partial charge on any atom is 0.449 e. The Morgan fingerprint density at radius 3 is 2.68 bits per heavy atom. The molecule has 0 saturated carbocycles. The Morgan fingerprint density at radius 1 is 1.18 bits per heavy atom. The number of benzene rings is 2. The fourth-order valence-electron chi connectivity index (χ4n) is 3.42. The van der Waals surface area contributed by atoms with Gasteiger partial charge < -0.3 is 9.47 Å². The maximum absolute atomic E-state index is 13.5. The summed E-state index contributed by atoms with van der Waals surface area (Å²) in [6.07, 6.45) is -3.87. The summed E-state index contributed by atoms with van der Waals surface area (Å²) < 4.78 is 41.5. The number of hydrogen-bond donors (Lipinski definition) is 0. The van der Waals surface area contributed by atoms with Crippen LogP contribution in [-0.2, 0) is 17.5 Å². The Labute approximate surface area is 164 Å². The first-order chi connectivity index (χ1) is 13.3. The maximum atomic E-state index is 13.5. The van der Waals surface area contributed by atoms with Gasteiger partial charge in [0.15, 0.2) is 0 Å². The molecule has 0 bridgehead atoms. The van der Waals surface area contributed by atoms with Gasteiger partial charge in [0.2, 0.25) is 11.7 Å². The third kappa shape index (κ3) is 3.48. The normalized spacial score (nSPS) is 17.4. The lowest BCUT2D eigenvalue weighted by Gasteiger charge is -2.23. The molecule has 1 aliphatic rings. The second-order valence-corrected chi connectivity index (χ2v) is 8.22. The Balaban J connectivity index is 1.73. The van der Waals surface area contributed by atoms with Crippen LogP contribution < -0.4 is 4.90 Å². The van der Waals surface area contributed by atoms with E-state index >= 15 is 0 Å². The molecule has 28 heavy (non-hydrogen) atoms. The van der Waals surface area contributed by atoms with Gasteiger partial charge >= 0.3 is 6.18 Å². The lowest BCUT2D eigenvalue weighted by molar-refractivity contribution is -0.147. The molecule has 0 fully saturated rings. The number of aromatic nitrogens is 2. The SMILES string of the molecule is C[C@H]1CCN(C(=O)Cn2c(C(F)(F)F)nc3ccccc32)c2ccccc2S1. The van der Waals surface area contributed by atoms with Crippen LogP contribution in [0.3, 0.4) is 0 Å². The summed E-state index contributed by atoms with van der Waals surface area (Å²) in [5.41, 5.74) is 1.27. The summed E-state index contributed by atoms with van der Waals surface area (Å²) >= 11 is 1.68. The van der Waals surface area contributed by atoms with Crippen LogP contribution in [0.1, 0.15) is 19.2 Å². The number of fused-ring (bicyclic) bond motifs is 2. The van der Waals surface area contributed by atoms with Crippen molar-refractivity contribution in [3.05, 3.63) is 54.4 Å². The van der Waals surface area contributed by atoms with Gasteiger partial charge in [-0.2, -0.15) is 13.2 Å². The molecule has 0 unspecified atom stereocenters. The van der Waals surface area contributed by atoms with E-state index in [1.54, 1.807) is 34.9 Å². The Bertz CT molecular complexity index is 1030. The van der Waals surface area contributed by atoms with E-state index < -0.39 is 18.5 Å². The highest BCUT2D eigenvalue weighted by Gasteiger charge is 2.38. The Kier molecular flexibility index (Phi) is 4.82. The molecule has 0 radical (unpaired) electrons. The van der Waals surface area contributed by atoms with Crippen LogP contribution in [0.15, 0.2) is 53.4 Å². The lowest BCUT2D eigenvalue weighted by Crippen LogP contribution is -2.35. The van der Waals surface area contributed by atoms with Crippen molar-refractivity contribution in [1.29, 1.82) is 0 Å². The summed E-state index contributed by atoms with van der Waals surface area (Å²) in [7, 11) is 0. The fourth-order valence-corrected chi connectivity index (χ4v) is 4.53. The largest absolute Gasteiger partial charge is 0.449 e. The number of rotatable bonds is 2. The topological polar surface area (TPSA) is 38.1 Å². The van der Waals surface area contributed by atoms with Gasteiger partial charge in [0.1, 0.15) is 6.54 Å². The molecule has 0 N–H and O–H groups in total. The minimum atomic E-state index is -4.64. The molecule has 4 rings (SSSR count). The van der Waals surface area contributed by atoms with E-state index in [0.29, 0.717) is 17.3 Å². The van der Waals surface area contributed by atoms with Gasteiger partial charge in [0.05, 0.1) is 16.7 Å². The predicted octanol–water partition coefficient (Wildman–Crippen LogP) is 4.97. The summed E-state index contributed by atoms with van der Waals surface area (Å²) in [4.78, 5) is 19.4. The van der Waals surface area contributed by atoms with Crippen LogP contribution in [0.25, 0.3) is 11.0 Å². The molecule has 1 aliphatic heterocycles. The fraction of sp³-hybridized carbons (Fsp3) is 0.300. The zero-order chi connectivity index (χ0) is 19.9. The average molecular weight is 405 g/mol. The number of thioether (sulfide) groups is 1. The lowest BCUT2D eigenvalue weighted by atomic mass is 10.2. The summed E-state index contributed by atoms with van der Waals surface area (Å²) in [5, 5.41) is 0.318. The molecular weight excluding hydrogens is 387 g/mol. The molecule has 3 aromatic rings. The van der Waals surface area contributed by atoms with Gasteiger partial charge in [-0.3, -0.25) is 4.79 Å². The molecule has 1 atom stereocenters. The van der Waals surface area contributed by atoms with E-state index in [9.17, 15) is 18.0 Å². The van der Waals surface area contributed by atoms with E-state index in [4.69, 9.17) is 0 Å². The zero-order valence-corrected chi connectivity index (χ0v) is 15.9. The van der Waals surface area contributed by atoms with Gasteiger partial charge in [0.25, 0.3) is 0 Å². The van der Waals surface area contributed by atoms with Gasteiger partial charge in [-0.1, -0.05) is 31.2 Å². The summed E-state index contributed by atoms with van der Waals surface area (Å²) in [5.74, 6) is -1.43. The number of halogens is 3. The summed E-state index contributed by atoms with van der Waals surface area (Å²) in [6, 6.07) is 13.9. The van der Waals surface area contributed by atoms with Gasteiger partial charge in [-0.25, -0.2) is 4.98 Å². The molecule has 1 amide bonds. The number of amides is 1. The molecule has 0 saturated heterocycles. The van der Waals surface area contributed by atoms with Crippen molar-refractivity contribution in [2.75, 3.05) is 11.4 Å². The zero-order valence-electron chi connectivity index (χ0n) is 15.1. The van der Waals surface area contributed by atoms with Crippen molar-refractivity contribution >= 4 is 34.4 Å². The number of alkyl halides is 3. The van der Waals surface area contributed by atoms with Crippen molar-refractivity contribution in [2.24, 2.45) is 0 Å². The Hall–Kier alpha value is -2.48. The highest BCUT2D eigenvalue weighted by atomic mass is 32.2. The van der Waals surface area contributed by atoms with E-state index in [1.807, 2.05) is 24.3 Å². The average Bonchev–Trinajstić information content (AvgIpc) is 2.93. The van der Waals surface area contributed by atoms with Gasteiger partial charge in [0, 0.05) is 16.7 Å². The molecule has 146 valence electrons. The van der Waals surface area contributed by atoms with Crippen LogP contribution in [0, 0.1) is 0 Å². The smallest absolute Gasteiger partial charge is 0.311 e. The second-order valence-electron chi connectivity index (χ2n) is 6.74. The number of carbonyl (C=O) groups is 1. The molecule has 8 heteroatoms. The Morgan fingerprint density at radius 2 is 1.89 bits per heavy atom. The van der Waals surface area contributed by atoms with E-state index in [2.05, 4.69) is 11.9 Å². The van der Waals surface area contributed by atoms with Crippen LogP contribution in [0.5, 0.6) is 0 Å². The highest BCUT2D eigenvalue weighted by molar-refractivity contribution is 8.00. The van der Waals surface area contributed by atoms with Crippen molar-refractivity contribution in [2.45, 2.75) is 36.2 Å². The first-order valence-corrected chi connectivity index (χ1v) is 9.81. The molecule has 4 nitrogen and oxygen atoms in total. The van der Waals surface area contributed by atoms with Crippen molar-refractivity contribution in [3.63, 3.8) is 0 Å². The predicted molar refractivity (Wildman–Crippen MR) is 103 cm³/mol. The first-order valence-electron chi connectivity index (χ1n) is 8.93. The molecule has 0 aliphatic carbocycles. The van der Waals surface area contributed by atoms with Crippen LogP contribution in [0.2, 0.25) is 0 Å². The molecule has 2 heterocycles. The number of hydrogen-bond acceptors (Lipinski definition) is 3. The second kappa shape index (κ2) is 7.16. The monoisotopic (exact) mass is 405 g/mol. The van der Waals surface area contributed by atoms with Crippen molar-refractivity contribution in [3.8, 4) is 0 Å². The first kappa shape index (κ1) is 18.9. The molecule has 2 aromatic carbocycles. The number of anilines is 1. The molecule has 0 spiro atoms. The quantitative estimate of drug-likeness (QED) is 0.604. The van der Waals surface area contributed by atoms with E-state index in [1.165, 1.54) is 6.07 Å². The molecule has 1 aromatic heterocycles. The minimum absolute atomic E-state index is 0.225. The number of imidazole rings is 1. The van der Waals surface area contributed by atoms with Gasteiger partial charge in [-0.15, -0.1) is 11.8 Å². The van der Waals surface area contributed by atoms with Crippen LogP contribution in [0.4, 0.5) is 18.9 Å². The third-order valence-electron chi connectivity index (χ3n) is 4.75. The van der Waals surface area contributed by atoms with Crippen LogP contribution in [-0.4, -0.2) is 27.3 Å². The third-order valence-corrected chi connectivity index (χ3v) is 5.98. The van der Waals surface area contributed by atoms with Crippen molar-refractivity contribution in [1.82, 2.24) is 9.55 Å². The van der Waals surface area contributed by atoms with E-state index in [-0.39, 0.29) is 11.4 Å². The van der Waals surface area contributed by atoms with E-state index in [0.717, 1.165) is 21.6 Å². The minimum Gasteiger partial charge on any atom is -0.311 e. The summed E-state index contributed by atoms with van der Waals surface area (Å²) in [6.45, 7) is 2.14. The number of para-hydroxylation sites is 3. The van der Waals surface area contributed by atoms with Gasteiger partial charge in [-0.05, 0) is 30.7 Å². The van der Waals surface area contributed by atoms with Crippen molar-refractivity contribution < 1.29 is 18.0 Å². The molecular formula is C20H18F3N3OS. The standard InChI is InChI=1S/C20H18F3N3OS/c1-13-10-11-25(16-8-4-5-9-17(16)28-13)18(27)12-26-15-7-3-2-6-14(15)24-19(26)20(21,22)23/h2-9,13H,10-12H2,1H3/t13-/m0/s1. The number of nitrogens with zero attached hydrogens (tertiary/aromatic N) is 3. The number of carbonyl (C=O) groups excluding carboxylic acids is 1. The van der Waals surface area contributed by atoms with Crippen LogP contribution >= 0.6 is 11.8 Å².